The van der Waals surface area contributed by atoms with E-state index in [4.69, 9.17) is 36.4 Å². The molecule has 0 atom stereocenters. The van der Waals surface area contributed by atoms with E-state index >= 15 is 0 Å². The van der Waals surface area contributed by atoms with Crippen LogP contribution in [0.25, 0.3) is 5.69 Å². The van der Waals surface area contributed by atoms with Gasteiger partial charge in [0, 0.05) is 24.3 Å². The van der Waals surface area contributed by atoms with Gasteiger partial charge in [-0.25, -0.2) is 28.2 Å². The number of pyridine rings is 1. The van der Waals surface area contributed by atoms with Crippen LogP contribution in [0.1, 0.15) is 5.69 Å². The minimum atomic E-state index is -5.10. The number of nitrogens with zero attached hydrogens (tertiary/aromatic N) is 3. The highest BCUT2D eigenvalue weighted by atomic mass is 35.5. The van der Waals surface area contributed by atoms with Crippen LogP contribution in [0.4, 0.5) is 17.6 Å². The topological polar surface area (TPSA) is 137 Å². The number of alkyl halides is 3. The Kier molecular flexibility index (Phi) is 10.6. The van der Waals surface area contributed by atoms with E-state index in [9.17, 15) is 31.9 Å². The lowest BCUT2D eigenvalue weighted by Gasteiger charge is -2.15. The lowest BCUT2D eigenvalue weighted by Crippen LogP contribution is -2.45. The fraction of sp³-hybridized carbons (Fsp3) is 0.304. The average molecular weight is 609 g/mol. The molecule has 17 heteroatoms. The van der Waals surface area contributed by atoms with Crippen LogP contribution >= 0.6 is 23.4 Å². The van der Waals surface area contributed by atoms with Gasteiger partial charge in [-0.3, -0.25) is 4.79 Å². The van der Waals surface area contributed by atoms with Crippen LogP contribution < -0.4 is 21.8 Å². The van der Waals surface area contributed by atoms with Crippen LogP contribution in [0.15, 0.2) is 55.9 Å². The van der Waals surface area contributed by atoms with E-state index in [0.717, 1.165) is 23.9 Å². The summed E-state index contributed by atoms with van der Waals surface area (Å²) in [5.74, 6) is 3.33. The normalized spacial score (nSPS) is 11.4. The number of methoxy groups -OCH3 is 1. The molecule has 0 radical (unpaired) electrons. The van der Waals surface area contributed by atoms with Crippen LogP contribution in [-0.2, 0) is 25.2 Å². The van der Waals surface area contributed by atoms with Crippen molar-refractivity contribution >= 4 is 29.3 Å². The molecule has 40 heavy (non-hydrogen) atoms. The molecule has 216 valence electrons. The van der Waals surface area contributed by atoms with Gasteiger partial charge < -0.3 is 24.8 Å². The number of nitrogens with two attached hydrogens (primary N) is 1. The summed E-state index contributed by atoms with van der Waals surface area (Å²) in [4.78, 5) is 41.3. The Morgan fingerprint density at radius 2 is 1.85 bits per heavy atom. The predicted molar refractivity (Wildman–Crippen MR) is 134 cm³/mol. The van der Waals surface area contributed by atoms with Crippen molar-refractivity contribution in [1.29, 1.82) is 0 Å². The van der Waals surface area contributed by atoms with Gasteiger partial charge in [-0.05, 0) is 24.3 Å². The third-order valence-electron chi connectivity index (χ3n) is 4.88. The summed E-state index contributed by atoms with van der Waals surface area (Å²) in [5.41, 5.74) is -5.51. The smallest absolute Gasteiger partial charge is 0.433 e. The highest BCUT2D eigenvalue weighted by Crippen LogP contribution is 2.39. The van der Waals surface area contributed by atoms with E-state index < -0.39 is 47.2 Å². The molecule has 0 aliphatic rings. The molecule has 2 N–H and O–H groups in total. The van der Waals surface area contributed by atoms with Crippen LogP contribution in [-0.4, -0.2) is 60.3 Å². The Labute approximate surface area is 232 Å². The van der Waals surface area contributed by atoms with Gasteiger partial charge in [0.05, 0.1) is 35.4 Å². The number of esters is 1. The number of carbonyl (C=O) groups excluding carboxylic acids is 1. The molecular formula is C23H21ClF4N4O7S. The molecule has 0 aliphatic carbocycles. The molecule has 2 aromatic heterocycles. The Morgan fingerprint density at radius 3 is 2.55 bits per heavy atom. The quantitative estimate of drug-likeness (QED) is 0.141. The van der Waals surface area contributed by atoms with Crippen molar-refractivity contribution in [2.45, 2.75) is 16.0 Å². The lowest BCUT2D eigenvalue weighted by atomic mass is 10.3. The van der Waals surface area contributed by atoms with Crippen molar-refractivity contribution in [1.82, 2.24) is 14.2 Å². The van der Waals surface area contributed by atoms with Gasteiger partial charge in [0.15, 0.2) is 12.3 Å². The Bertz CT molecular complexity index is 1480. The van der Waals surface area contributed by atoms with E-state index in [2.05, 4.69) is 4.98 Å². The number of ether oxygens (including phenoxy) is 4. The fourth-order valence-electron chi connectivity index (χ4n) is 3.07. The Hall–Kier alpha value is -3.60. The number of rotatable bonds is 12. The van der Waals surface area contributed by atoms with E-state index in [-0.39, 0.29) is 49.2 Å². The summed E-state index contributed by atoms with van der Waals surface area (Å²) in [6, 6.07) is 4.87. The van der Waals surface area contributed by atoms with E-state index in [1.807, 2.05) is 0 Å². The number of nitrogen functional groups attached to an aromatic ring is 1. The molecule has 2 heterocycles. The maximum absolute atomic E-state index is 14.8. The first-order valence-electron chi connectivity index (χ1n) is 11.1. The summed E-state index contributed by atoms with van der Waals surface area (Å²) in [7, 11) is 1.52. The van der Waals surface area contributed by atoms with E-state index in [1.165, 1.54) is 25.4 Å². The van der Waals surface area contributed by atoms with Crippen molar-refractivity contribution in [2.24, 2.45) is 0 Å². The van der Waals surface area contributed by atoms with Crippen LogP contribution in [0, 0.1) is 5.82 Å². The number of halogens is 5. The number of hydrogen-bond donors (Lipinski definition) is 1. The molecule has 0 aliphatic heterocycles. The molecule has 0 spiro atoms. The third kappa shape index (κ3) is 7.74. The second-order valence-corrected chi connectivity index (χ2v) is 9.10. The van der Waals surface area contributed by atoms with Crippen molar-refractivity contribution in [3.8, 4) is 11.6 Å². The first-order chi connectivity index (χ1) is 18.9. The van der Waals surface area contributed by atoms with Gasteiger partial charge in [0.25, 0.3) is 5.56 Å². The van der Waals surface area contributed by atoms with E-state index in [1.54, 1.807) is 0 Å². The number of benzene rings is 1. The first kappa shape index (κ1) is 30.9. The van der Waals surface area contributed by atoms with Gasteiger partial charge in [0.2, 0.25) is 5.88 Å². The zero-order valence-corrected chi connectivity index (χ0v) is 22.1. The summed E-state index contributed by atoms with van der Waals surface area (Å²) >= 11 is 7.01. The molecule has 11 nitrogen and oxygen atoms in total. The predicted octanol–water partition coefficient (Wildman–Crippen LogP) is 2.66. The minimum absolute atomic E-state index is 0.0164. The fourth-order valence-corrected chi connectivity index (χ4v) is 4.25. The molecule has 0 saturated heterocycles. The molecular weight excluding hydrogens is 588 g/mol. The van der Waals surface area contributed by atoms with Gasteiger partial charge in [-0.1, -0.05) is 23.4 Å². The second kappa shape index (κ2) is 13.6. The van der Waals surface area contributed by atoms with Crippen molar-refractivity contribution in [3.05, 3.63) is 73.9 Å². The standard InChI is InChI=1S/C23H21ClF4N4O7S/c1-36-5-6-37-7-8-38-20(34)12-39-21-16(3-2-4-30-21)40-17-10-15(14(25)9-13(17)24)31-19(33)11-18(23(26,27)28)32(29)22(31)35/h2-4,9-11H,5-8,12,29H2,1H3. The lowest BCUT2D eigenvalue weighted by molar-refractivity contribution is -0.147. The van der Waals surface area contributed by atoms with Crippen LogP contribution in [0.3, 0.4) is 0 Å². The molecule has 3 rings (SSSR count). The summed E-state index contributed by atoms with van der Waals surface area (Å²) in [6.07, 6.45) is -3.73. The molecule has 0 unspecified atom stereocenters. The maximum Gasteiger partial charge on any atom is 0.433 e. The van der Waals surface area contributed by atoms with Gasteiger partial charge in [-0.2, -0.15) is 13.2 Å². The Morgan fingerprint density at radius 1 is 1.12 bits per heavy atom. The average Bonchev–Trinajstić information content (AvgIpc) is 2.89. The zero-order chi connectivity index (χ0) is 29.4. The summed E-state index contributed by atoms with van der Waals surface area (Å²) < 4.78 is 74.4. The summed E-state index contributed by atoms with van der Waals surface area (Å²) in [6.45, 7) is 0.355. The molecule has 3 aromatic rings. The molecule has 1 aromatic carbocycles. The molecule has 0 saturated carbocycles. The van der Waals surface area contributed by atoms with Gasteiger partial charge in [-0.15, -0.1) is 0 Å². The zero-order valence-electron chi connectivity index (χ0n) is 20.6. The van der Waals surface area contributed by atoms with Gasteiger partial charge in [0.1, 0.15) is 12.4 Å². The van der Waals surface area contributed by atoms with E-state index in [0.29, 0.717) is 13.2 Å². The highest BCUT2D eigenvalue weighted by molar-refractivity contribution is 7.99. The summed E-state index contributed by atoms with van der Waals surface area (Å²) in [5, 5.41) is -0.165. The maximum atomic E-state index is 14.8. The highest BCUT2D eigenvalue weighted by Gasteiger charge is 2.36. The first-order valence-corrected chi connectivity index (χ1v) is 12.3. The van der Waals surface area contributed by atoms with Gasteiger partial charge >= 0.3 is 17.8 Å². The van der Waals surface area contributed by atoms with Crippen molar-refractivity contribution in [3.63, 3.8) is 0 Å². The van der Waals surface area contributed by atoms with Crippen molar-refractivity contribution < 1.29 is 41.3 Å². The Balaban J connectivity index is 1.82. The van der Waals surface area contributed by atoms with Crippen LogP contribution in [0.2, 0.25) is 5.02 Å². The number of hydrogen-bond acceptors (Lipinski definition) is 10. The molecule has 0 bridgehead atoms. The molecule has 0 fully saturated rings. The number of aromatic nitrogens is 3. The monoisotopic (exact) mass is 608 g/mol. The second-order valence-electron chi connectivity index (χ2n) is 7.61. The minimum Gasteiger partial charge on any atom is -0.465 e. The van der Waals surface area contributed by atoms with Crippen LogP contribution in [0.5, 0.6) is 5.88 Å². The largest absolute Gasteiger partial charge is 0.465 e. The van der Waals surface area contributed by atoms with Crippen molar-refractivity contribution in [2.75, 3.05) is 46.0 Å². The third-order valence-corrected chi connectivity index (χ3v) is 6.39. The number of carbonyl (C=O) groups is 1. The SMILES string of the molecule is COCCOCCOC(=O)COc1ncccc1Sc1cc(-n2c(=O)cc(C(F)(F)F)n(N)c2=O)c(F)cc1Cl. The molecule has 0 amide bonds.